The largest absolute Gasteiger partial charge is 0.507 e. The molecular weight excluding hydrogens is 627 g/mol. The first kappa shape index (κ1) is 32.1. The van der Waals surface area contributed by atoms with Crippen molar-refractivity contribution in [2.24, 2.45) is 7.05 Å². The smallest absolute Gasteiger partial charge is 0.416 e. The van der Waals surface area contributed by atoms with Gasteiger partial charge < -0.3 is 14.7 Å². The number of rotatable bonds is 10. The number of fused-ring (bicyclic) bond motifs is 2. The molecule has 1 unspecified atom stereocenters. The number of H-pyrrole nitrogens is 1. The first-order valence-electron chi connectivity index (χ1n) is 15.0. The number of aromatic amines is 1. The number of pyridine rings is 1. The van der Waals surface area contributed by atoms with Crippen LogP contribution in [0.4, 0.5) is 13.2 Å². The van der Waals surface area contributed by atoms with E-state index in [0.29, 0.717) is 40.6 Å². The molecule has 2 heterocycles. The number of aromatic nitrogens is 2. The lowest BCUT2D eigenvalue weighted by molar-refractivity contribution is -0.137. The van der Waals surface area contributed by atoms with Crippen molar-refractivity contribution in [3.8, 4) is 5.75 Å². The average molecular weight is 660 g/mol. The van der Waals surface area contributed by atoms with Crippen LogP contribution in [0, 0.1) is 0 Å². The van der Waals surface area contributed by atoms with Crippen LogP contribution in [0.25, 0.3) is 21.8 Å². The first-order chi connectivity index (χ1) is 22.4. The zero-order valence-corrected chi connectivity index (χ0v) is 26.2. The summed E-state index contributed by atoms with van der Waals surface area (Å²) in [6.45, 7) is 0.141. The number of alkyl halides is 3. The summed E-state index contributed by atoms with van der Waals surface area (Å²) >= 11 is 0. The number of para-hydroxylation sites is 2. The molecule has 242 valence electrons. The lowest BCUT2D eigenvalue weighted by atomic mass is 9.84. The quantitative estimate of drug-likeness (QED) is 0.138. The van der Waals surface area contributed by atoms with Gasteiger partial charge in [-0.05, 0) is 59.9 Å². The Morgan fingerprint density at radius 2 is 1.51 bits per heavy atom. The van der Waals surface area contributed by atoms with Crippen molar-refractivity contribution in [2.75, 3.05) is 6.54 Å². The van der Waals surface area contributed by atoms with Crippen LogP contribution in [0.15, 0.2) is 108 Å². The fourth-order valence-corrected chi connectivity index (χ4v) is 7.37. The fourth-order valence-electron chi connectivity index (χ4n) is 6.18. The lowest BCUT2D eigenvalue weighted by Crippen LogP contribution is -2.27. The number of hydrogen-bond acceptors (Lipinski definition) is 4. The third-order valence-electron chi connectivity index (χ3n) is 8.43. The van der Waals surface area contributed by atoms with Gasteiger partial charge in [0, 0.05) is 35.6 Å². The van der Waals surface area contributed by atoms with Crippen LogP contribution >= 0.6 is 0 Å². The maximum atomic E-state index is 14.0. The molecule has 47 heavy (non-hydrogen) atoms. The summed E-state index contributed by atoms with van der Waals surface area (Å²) < 4.78 is 70.3. The molecule has 0 saturated carbocycles. The van der Waals surface area contributed by atoms with Gasteiger partial charge in [0.15, 0.2) is 0 Å². The summed E-state index contributed by atoms with van der Waals surface area (Å²) in [5.41, 5.74) is 2.25. The first-order valence-corrected chi connectivity index (χ1v) is 16.7. The number of nitrogens with zero attached hydrogens (tertiary/aromatic N) is 1. The van der Waals surface area contributed by atoms with Gasteiger partial charge in [-0.1, -0.05) is 72.8 Å². The molecular formula is C36H32F3N3O4S. The van der Waals surface area contributed by atoms with Crippen molar-refractivity contribution in [1.29, 1.82) is 0 Å². The number of benzene rings is 4. The Bertz CT molecular complexity index is 2230. The van der Waals surface area contributed by atoms with E-state index in [-0.39, 0.29) is 23.6 Å². The number of aromatic hydroxyl groups is 1. The van der Waals surface area contributed by atoms with Crippen LogP contribution in [0.1, 0.15) is 45.8 Å². The van der Waals surface area contributed by atoms with Gasteiger partial charge >= 0.3 is 6.18 Å². The standard InChI is InChI=1S/C36H32F3N3O4S/c1-42-30-16-8-6-13-28(30)34(43)32(35(42)44)31(24-17-19-25(20-18-24)36(37,38)39)33-27(26-12-5-7-15-29(26)41-33)14-9-21-40-47(45,46)22-23-10-3-2-4-11-23/h2-8,10-13,15-20,31,40-41,43H,9,14,21-22H2,1H3. The molecule has 4 aromatic carbocycles. The van der Waals surface area contributed by atoms with Gasteiger partial charge in [-0.3, -0.25) is 4.79 Å². The molecule has 0 fully saturated rings. The van der Waals surface area contributed by atoms with E-state index in [1.165, 1.54) is 16.7 Å². The molecule has 6 rings (SSSR count). The van der Waals surface area contributed by atoms with Crippen LogP contribution < -0.4 is 10.3 Å². The minimum Gasteiger partial charge on any atom is -0.507 e. The molecule has 0 aliphatic rings. The summed E-state index contributed by atoms with van der Waals surface area (Å²) in [6, 6.07) is 27.8. The molecule has 7 nitrogen and oxygen atoms in total. The van der Waals surface area contributed by atoms with E-state index in [4.69, 9.17) is 0 Å². The maximum Gasteiger partial charge on any atom is 0.416 e. The Balaban J connectivity index is 1.44. The SMILES string of the molecule is Cn1c(=O)c(C(c2ccc(C(F)(F)F)cc2)c2[nH]c3ccccc3c2CCCNS(=O)(=O)Cc2ccccc2)c(O)c2ccccc21. The molecule has 3 N–H and O–H groups in total. The molecule has 0 aliphatic carbocycles. The Hall–Kier alpha value is -4.87. The van der Waals surface area contributed by atoms with Crippen LogP contribution in [-0.2, 0) is 35.4 Å². The molecule has 6 aromatic rings. The van der Waals surface area contributed by atoms with Crippen molar-refractivity contribution in [3.63, 3.8) is 0 Å². The minimum atomic E-state index is -4.56. The van der Waals surface area contributed by atoms with E-state index >= 15 is 0 Å². The third-order valence-corrected chi connectivity index (χ3v) is 9.79. The summed E-state index contributed by atoms with van der Waals surface area (Å²) in [6.07, 6.45) is -3.79. The molecule has 2 aromatic heterocycles. The summed E-state index contributed by atoms with van der Waals surface area (Å²) in [5, 5.41) is 12.9. The second-order valence-electron chi connectivity index (χ2n) is 11.5. The van der Waals surface area contributed by atoms with Gasteiger partial charge in [0.2, 0.25) is 10.0 Å². The second-order valence-corrected chi connectivity index (χ2v) is 13.3. The molecule has 0 spiro atoms. The normalized spacial score (nSPS) is 12.9. The number of halogens is 3. The summed E-state index contributed by atoms with van der Waals surface area (Å²) in [7, 11) is -2.02. The molecule has 0 bridgehead atoms. The monoisotopic (exact) mass is 659 g/mol. The van der Waals surface area contributed by atoms with E-state index in [0.717, 1.165) is 28.6 Å². The van der Waals surface area contributed by atoms with E-state index in [1.807, 2.05) is 30.3 Å². The third kappa shape index (κ3) is 6.54. The lowest BCUT2D eigenvalue weighted by Gasteiger charge is -2.22. The number of nitrogens with one attached hydrogen (secondary N) is 2. The van der Waals surface area contributed by atoms with Gasteiger partial charge in [-0.15, -0.1) is 0 Å². The summed E-state index contributed by atoms with van der Waals surface area (Å²) in [4.78, 5) is 17.4. The fraction of sp³-hybridized carbons (Fsp3) is 0.194. The molecule has 0 saturated heterocycles. The van der Waals surface area contributed by atoms with Crippen molar-refractivity contribution < 1.29 is 26.7 Å². The van der Waals surface area contributed by atoms with Gasteiger partial charge in [0.25, 0.3) is 5.56 Å². The zero-order chi connectivity index (χ0) is 33.3. The molecule has 0 aliphatic heterocycles. The Labute approximate surface area is 269 Å². The van der Waals surface area contributed by atoms with Gasteiger partial charge in [0.1, 0.15) is 5.75 Å². The number of hydrogen-bond donors (Lipinski definition) is 3. The number of aryl methyl sites for hydroxylation is 2. The highest BCUT2D eigenvalue weighted by Gasteiger charge is 2.33. The van der Waals surface area contributed by atoms with Gasteiger partial charge in [-0.2, -0.15) is 13.2 Å². The van der Waals surface area contributed by atoms with Crippen molar-refractivity contribution in [3.05, 3.63) is 147 Å². The highest BCUT2D eigenvalue weighted by atomic mass is 32.2. The van der Waals surface area contributed by atoms with E-state index in [9.17, 15) is 31.5 Å². The Kier molecular flexibility index (Phi) is 8.69. The predicted octanol–water partition coefficient (Wildman–Crippen LogP) is 6.98. The average Bonchev–Trinajstić information content (AvgIpc) is 3.41. The molecule has 1 atom stereocenters. The molecule has 0 radical (unpaired) electrons. The number of sulfonamides is 1. The summed E-state index contributed by atoms with van der Waals surface area (Å²) in [5.74, 6) is -1.39. The zero-order valence-electron chi connectivity index (χ0n) is 25.4. The van der Waals surface area contributed by atoms with E-state index in [1.54, 1.807) is 55.6 Å². The predicted molar refractivity (Wildman–Crippen MR) is 177 cm³/mol. The van der Waals surface area contributed by atoms with E-state index < -0.39 is 33.2 Å². The highest BCUT2D eigenvalue weighted by Crippen LogP contribution is 2.42. The minimum absolute atomic E-state index is 0.0160. The van der Waals surface area contributed by atoms with Crippen molar-refractivity contribution in [2.45, 2.75) is 30.7 Å². The van der Waals surface area contributed by atoms with Gasteiger partial charge in [-0.25, -0.2) is 13.1 Å². The maximum absolute atomic E-state index is 14.0. The van der Waals surface area contributed by atoms with Crippen LogP contribution in [0.3, 0.4) is 0 Å². The Morgan fingerprint density at radius 1 is 0.872 bits per heavy atom. The van der Waals surface area contributed by atoms with E-state index in [2.05, 4.69) is 9.71 Å². The van der Waals surface area contributed by atoms with Crippen molar-refractivity contribution >= 4 is 31.8 Å². The topological polar surface area (TPSA) is 104 Å². The van der Waals surface area contributed by atoms with Crippen LogP contribution in [-0.4, -0.2) is 29.6 Å². The van der Waals surface area contributed by atoms with Crippen LogP contribution in [0.2, 0.25) is 0 Å². The Morgan fingerprint density at radius 3 is 2.21 bits per heavy atom. The molecule has 0 amide bonds. The molecule has 11 heteroatoms. The van der Waals surface area contributed by atoms with Gasteiger partial charge in [0.05, 0.1) is 28.3 Å². The van der Waals surface area contributed by atoms with Crippen LogP contribution in [0.5, 0.6) is 5.75 Å². The van der Waals surface area contributed by atoms with Crippen molar-refractivity contribution in [1.82, 2.24) is 14.3 Å². The highest BCUT2D eigenvalue weighted by molar-refractivity contribution is 7.88. The second kappa shape index (κ2) is 12.7.